The second-order valence-electron chi connectivity index (χ2n) is 3.71. The third-order valence-electron chi connectivity index (χ3n) is 2.49. The van der Waals surface area contributed by atoms with Crippen LogP contribution in [0.3, 0.4) is 0 Å². The van der Waals surface area contributed by atoms with Gasteiger partial charge in [0.05, 0.1) is 0 Å². The third-order valence-corrected chi connectivity index (χ3v) is 3.35. The van der Waals surface area contributed by atoms with Crippen molar-refractivity contribution in [1.82, 2.24) is 5.32 Å². The Kier molecular flexibility index (Phi) is 5.54. The van der Waals surface area contributed by atoms with Gasteiger partial charge >= 0.3 is 0 Å². The highest BCUT2D eigenvalue weighted by atomic mass is 79.9. The molecule has 3 heteroatoms. The van der Waals surface area contributed by atoms with Crippen LogP contribution in [0.25, 0.3) is 0 Å². The summed E-state index contributed by atoms with van der Waals surface area (Å²) in [5, 5.41) is 3.34. The first kappa shape index (κ1) is 13.2. The molecule has 0 radical (unpaired) electrons. The van der Waals surface area contributed by atoms with Crippen molar-refractivity contribution in [2.45, 2.75) is 19.4 Å². The van der Waals surface area contributed by atoms with Gasteiger partial charge in [-0.3, -0.25) is 0 Å². The highest BCUT2D eigenvalue weighted by Gasteiger charge is 2.09. The summed E-state index contributed by atoms with van der Waals surface area (Å²) in [5.41, 5.74) is 8.16. The van der Waals surface area contributed by atoms with Crippen molar-refractivity contribution in [3.8, 4) is 12.3 Å². The second kappa shape index (κ2) is 6.70. The van der Waals surface area contributed by atoms with Gasteiger partial charge in [0.25, 0.3) is 0 Å². The summed E-state index contributed by atoms with van der Waals surface area (Å²) in [6.45, 7) is 3.43. The molecule has 0 spiro atoms. The van der Waals surface area contributed by atoms with Gasteiger partial charge in [-0.05, 0) is 24.1 Å². The molecule has 86 valence electrons. The fourth-order valence-corrected chi connectivity index (χ4v) is 1.88. The van der Waals surface area contributed by atoms with Gasteiger partial charge in [-0.1, -0.05) is 28.1 Å². The highest BCUT2D eigenvalue weighted by Crippen LogP contribution is 2.21. The average molecular weight is 281 g/mol. The van der Waals surface area contributed by atoms with E-state index >= 15 is 0 Å². The smallest absolute Gasteiger partial charge is 0.0445 e. The maximum Gasteiger partial charge on any atom is 0.0445 e. The van der Waals surface area contributed by atoms with Crippen LogP contribution in [0.5, 0.6) is 0 Å². The van der Waals surface area contributed by atoms with E-state index in [-0.39, 0.29) is 6.04 Å². The molecule has 16 heavy (non-hydrogen) atoms. The van der Waals surface area contributed by atoms with Crippen molar-refractivity contribution in [2.75, 3.05) is 13.1 Å². The summed E-state index contributed by atoms with van der Waals surface area (Å²) in [6.07, 6.45) is 5.94. The summed E-state index contributed by atoms with van der Waals surface area (Å²) >= 11 is 3.52. The highest BCUT2D eigenvalue weighted by molar-refractivity contribution is 9.10. The molecule has 0 aliphatic carbocycles. The van der Waals surface area contributed by atoms with Crippen molar-refractivity contribution in [3.63, 3.8) is 0 Å². The number of nitrogens with two attached hydrogens (primary N) is 1. The molecule has 0 aliphatic rings. The average Bonchev–Trinajstić information content (AvgIpc) is 2.29. The molecule has 0 aliphatic heterocycles. The van der Waals surface area contributed by atoms with E-state index in [0.717, 1.165) is 17.4 Å². The quantitative estimate of drug-likeness (QED) is 0.642. The van der Waals surface area contributed by atoms with Crippen LogP contribution in [0.15, 0.2) is 22.7 Å². The molecule has 0 aromatic heterocycles. The summed E-state index contributed by atoms with van der Waals surface area (Å²) in [4.78, 5) is 0. The fourth-order valence-electron chi connectivity index (χ4n) is 1.48. The second-order valence-corrected chi connectivity index (χ2v) is 4.56. The lowest BCUT2D eigenvalue weighted by atomic mass is 10.1. The number of hydrogen-bond acceptors (Lipinski definition) is 2. The van der Waals surface area contributed by atoms with Gasteiger partial charge in [0.15, 0.2) is 0 Å². The van der Waals surface area contributed by atoms with Crippen LogP contribution in [0.1, 0.15) is 23.6 Å². The first-order valence-corrected chi connectivity index (χ1v) is 6.11. The van der Waals surface area contributed by atoms with E-state index in [4.69, 9.17) is 12.2 Å². The van der Waals surface area contributed by atoms with E-state index < -0.39 is 0 Å². The van der Waals surface area contributed by atoms with E-state index in [2.05, 4.69) is 52.3 Å². The van der Waals surface area contributed by atoms with Crippen LogP contribution in [-0.4, -0.2) is 13.1 Å². The molecular weight excluding hydrogens is 264 g/mol. The van der Waals surface area contributed by atoms with Crippen LogP contribution >= 0.6 is 15.9 Å². The SMILES string of the molecule is C#CCCNC(CN)c1ccc(C)c(Br)c1. The van der Waals surface area contributed by atoms with Crippen molar-refractivity contribution in [1.29, 1.82) is 0 Å². The van der Waals surface area contributed by atoms with Crippen LogP contribution in [-0.2, 0) is 0 Å². The topological polar surface area (TPSA) is 38.0 Å². The summed E-state index contributed by atoms with van der Waals surface area (Å²) in [5.74, 6) is 2.61. The van der Waals surface area contributed by atoms with E-state index in [1.807, 2.05) is 0 Å². The number of rotatable bonds is 5. The van der Waals surface area contributed by atoms with Crippen molar-refractivity contribution >= 4 is 15.9 Å². The minimum atomic E-state index is 0.172. The van der Waals surface area contributed by atoms with Gasteiger partial charge in [0, 0.05) is 30.0 Å². The molecule has 1 aromatic rings. The lowest BCUT2D eigenvalue weighted by Crippen LogP contribution is -2.28. The van der Waals surface area contributed by atoms with Crippen LogP contribution < -0.4 is 11.1 Å². The molecule has 1 aromatic carbocycles. The van der Waals surface area contributed by atoms with Crippen LogP contribution in [0.4, 0.5) is 0 Å². The van der Waals surface area contributed by atoms with E-state index in [1.54, 1.807) is 0 Å². The Labute approximate surface area is 106 Å². The van der Waals surface area contributed by atoms with Crippen molar-refractivity contribution in [2.24, 2.45) is 5.73 Å². The Balaban J connectivity index is 2.71. The molecule has 0 fully saturated rings. The summed E-state index contributed by atoms with van der Waals surface area (Å²) in [7, 11) is 0. The van der Waals surface area contributed by atoms with E-state index in [0.29, 0.717) is 6.54 Å². The number of hydrogen-bond donors (Lipinski definition) is 2. The molecule has 1 unspecified atom stereocenters. The monoisotopic (exact) mass is 280 g/mol. The standard InChI is InChI=1S/C13H17BrN2/c1-3-4-7-16-13(9-15)11-6-5-10(2)12(14)8-11/h1,5-6,8,13,16H,4,7,9,15H2,2H3. The normalized spacial score (nSPS) is 12.1. The molecule has 0 heterocycles. The number of aryl methyl sites for hydroxylation is 1. The number of halogens is 1. The Hall–Kier alpha value is -0.820. The lowest BCUT2D eigenvalue weighted by molar-refractivity contribution is 0.550. The minimum Gasteiger partial charge on any atom is -0.329 e. The first-order valence-electron chi connectivity index (χ1n) is 5.32. The zero-order valence-electron chi connectivity index (χ0n) is 9.46. The zero-order chi connectivity index (χ0) is 12.0. The maximum atomic E-state index is 5.75. The van der Waals surface area contributed by atoms with Gasteiger partial charge in [-0.15, -0.1) is 12.3 Å². The van der Waals surface area contributed by atoms with Gasteiger partial charge in [0.1, 0.15) is 0 Å². The van der Waals surface area contributed by atoms with Crippen molar-refractivity contribution in [3.05, 3.63) is 33.8 Å². The predicted octanol–water partition coefficient (Wildman–Crippen LogP) is 2.37. The lowest BCUT2D eigenvalue weighted by Gasteiger charge is -2.17. The van der Waals surface area contributed by atoms with Crippen LogP contribution in [0, 0.1) is 19.3 Å². The van der Waals surface area contributed by atoms with Crippen LogP contribution in [0.2, 0.25) is 0 Å². The molecular formula is C13H17BrN2. The third kappa shape index (κ3) is 3.64. The molecule has 0 saturated heterocycles. The van der Waals surface area contributed by atoms with Gasteiger partial charge in [-0.2, -0.15) is 0 Å². The largest absolute Gasteiger partial charge is 0.329 e. The zero-order valence-corrected chi connectivity index (χ0v) is 11.0. The summed E-state index contributed by atoms with van der Waals surface area (Å²) < 4.78 is 1.11. The Morgan fingerprint density at radius 2 is 2.31 bits per heavy atom. The summed E-state index contributed by atoms with van der Waals surface area (Å²) in [6, 6.07) is 6.46. The minimum absolute atomic E-state index is 0.172. The Bertz CT molecular complexity index is 382. The Morgan fingerprint density at radius 3 is 2.88 bits per heavy atom. The fraction of sp³-hybridized carbons (Fsp3) is 0.385. The van der Waals surface area contributed by atoms with Crippen molar-refractivity contribution < 1.29 is 0 Å². The molecule has 0 bridgehead atoms. The number of benzene rings is 1. The van der Waals surface area contributed by atoms with E-state index in [1.165, 1.54) is 11.1 Å². The predicted molar refractivity (Wildman–Crippen MR) is 72.1 cm³/mol. The first-order chi connectivity index (χ1) is 7.69. The molecule has 3 N–H and O–H groups in total. The van der Waals surface area contributed by atoms with E-state index in [9.17, 15) is 0 Å². The molecule has 2 nitrogen and oxygen atoms in total. The number of terminal acetylenes is 1. The van der Waals surface area contributed by atoms with Gasteiger partial charge < -0.3 is 11.1 Å². The number of nitrogens with one attached hydrogen (secondary N) is 1. The molecule has 1 rings (SSSR count). The Morgan fingerprint density at radius 1 is 1.56 bits per heavy atom. The van der Waals surface area contributed by atoms with Gasteiger partial charge in [-0.25, -0.2) is 0 Å². The maximum absolute atomic E-state index is 5.75. The molecule has 0 saturated carbocycles. The molecule has 1 atom stereocenters. The molecule has 0 amide bonds. The van der Waals surface area contributed by atoms with Gasteiger partial charge in [0.2, 0.25) is 0 Å².